The van der Waals surface area contributed by atoms with Crippen molar-refractivity contribution in [2.75, 3.05) is 6.54 Å². The van der Waals surface area contributed by atoms with Crippen LogP contribution in [-0.4, -0.2) is 12.5 Å². The molecule has 46 valence electrons. The van der Waals surface area contributed by atoms with Crippen molar-refractivity contribution in [2.45, 2.75) is 6.42 Å². The molecule has 0 heterocycles. The smallest absolute Gasteiger partial charge is 0.330 e. The Hall–Kier alpha value is -0.970. The molecular formula is C3H6N2O3. The molecule has 2 N–H and O–H groups in total. The van der Waals surface area contributed by atoms with Crippen LogP contribution in [0.3, 0.4) is 0 Å². The number of hydrogen-bond donors (Lipinski definition) is 1. The van der Waals surface area contributed by atoms with E-state index in [-0.39, 0.29) is 13.0 Å². The van der Waals surface area contributed by atoms with E-state index >= 15 is 0 Å². The minimum absolute atomic E-state index is 0.0335. The third-order valence-electron chi connectivity index (χ3n) is 0.488. The second-order valence-corrected chi connectivity index (χ2v) is 1.08. The highest BCUT2D eigenvalue weighted by molar-refractivity contribution is 5.69. The first-order chi connectivity index (χ1) is 3.81. The quantitative estimate of drug-likeness (QED) is 0.402. The summed E-state index contributed by atoms with van der Waals surface area (Å²) in [6.45, 7) is 0.175. The van der Waals surface area contributed by atoms with E-state index in [4.69, 9.17) is 10.6 Å². The third kappa shape index (κ3) is 3.23. The topological polar surface area (TPSA) is 81.8 Å². The van der Waals surface area contributed by atoms with Crippen molar-refractivity contribution < 1.29 is 9.63 Å². The van der Waals surface area contributed by atoms with E-state index in [0.717, 1.165) is 0 Å². The first-order valence-electron chi connectivity index (χ1n) is 2.04. The molecule has 0 aliphatic rings. The van der Waals surface area contributed by atoms with Crippen LogP contribution in [-0.2, 0) is 9.63 Å². The first-order valence-corrected chi connectivity index (χ1v) is 2.04. The second kappa shape index (κ2) is 4.20. The van der Waals surface area contributed by atoms with Gasteiger partial charge in [-0.1, -0.05) is 0 Å². The fourth-order valence-corrected chi connectivity index (χ4v) is 0.205. The number of hydrogen-bond acceptors (Lipinski definition) is 5. The average molecular weight is 118 g/mol. The van der Waals surface area contributed by atoms with E-state index in [1.807, 2.05) is 5.34 Å². The van der Waals surface area contributed by atoms with E-state index < -0.39 is 5.97 Å². The lowest BCUT2D eigenvalue weighted by Gasteiger charge is -1.86. The predicted octanol–water partition coefficient (Wildman–Crippen LogP) is -0.440. The molecule has 0 saturated carbocycles. The van der Waals surface area contributed by atoms with Crippen molar-refractivity contribution >= 4 is 5.97 Å². The van der Waals surface area contributed by atoms with Crippen LogP contribution in [0.15, 0.2) is 5.34 Å². The Morgan fingerprint density at radius 1 is 1.75 bits per heavy atom. The Balaban J connectivity index is 3.18. The summed E-state index contributed by atoms with van der Waals surface area (Å²) in [5, 5.41) is 1.90. The van der Waals surface area contributed by atoms with E-state index in [1.165, 1.54) is 0 Å². The van der Waals surface area contributed by atoms with Gasteiger partial charge in [0.15, 0.2) is 5.34 Å². The third-order valence-corrected chi connectivity index (χ3v) is 0.488. The summed E-state index contributed by atoms with van der Waals surface area (Å²) >= 11 is 0. The Morgan fingerprint density at radius 2 is 2.38 bits per heavy atom. The van der Waals surface area contributed by atoms with Crippen LogP contribution in [0.1, 0.15) is 6.42 Å². The van der Waals surface area contributed by atoms with Gasteiger partial charge in [-0.15, -0.1) is 4.91 Å². The first kappa shape index (κ1) is 7.03. The van der Waals surface area contributed by atoms with E-state index in [0.29, 0.717) is 0 Å². The maximum absolute atomic E-state index is 10.0. The molecule has 0 spiro atoms. The average Bonchev–Trinajstić information content (AvgIpc) is 1.68. The Kier molecular flexibility index (Phi) is 3.69. The van der Waals surface area contributed by atoms with Gasteiger partial charge in [-0.2, -0.15) is 0 Å². The summed E-state index contributed by atoms with van der Waals surface area (Å²) in [7, 11) is 0. The maximum Gasteiger partial charge on any atom is 0.339 e. The SMILES string of the molecule is NCCC(=O)ON=O. The van der Waals surface area contributed by atoms with Gasteiger partial charge in [-0.25, -0.2) is 4.79 Å². The monoisotopic (exact) mass is 118 g/mol. The van der Waals surface area contributed by atoms with Crippen LogP contribution in [0.5, 0.6) is 0 Å². The lowest BCUT2D eigenvalue weighted by atomic mass is 10.5. The molecule has 0 aliphatic heterocycles. The summed E-state index contributed by atoms with van der Waals surface area (Å²) in [5.74, 6) is -0.692. The minimum atomic E-state index is -0.692. The normalized spacial score (nSPS) is 8.12. The van der Waals surface area contributed by atoms with Crippen LogP contribution in [0.25, 0.3) is 0 Å². The van der Waals surface area contributed by atoms with Crippen molar-refractivity contribution in [2.24, 2.45) is 11.1 Å². The molecule has 0 atom stereocenters. The molecule has 0 saturated heterocycles. The van der Waals surface area contributed by atoms with Gasteiger partial charge in [-0.05, 0) is 0 Å². The number of carbonyl (C=O) groups is 1. The molecule has 0 fully saturated rings. The minimum Gasteiger partial charge on any atom is -0.330 e. The summed E-state index contributed by atoms with van der Waals surface area (Å²) in [6, 6.07) is 0. The molecule has 0 unspecified atom stereocenters. The summed E-state index contributed by atoms with van der Waals surface area (Å²) in [5.41, 5.74) is 4.92. The molecule has 0 rings (SSSR count). The van der Waals surface area contributed by atoms with Crippen molar-refractivity contribution in [1.82, 2.24) is 0 Å². The maximum atomic E-state index is 10.0. The number of rotatable bonds is 3. The van der Waals surface area contributed by atoms with Gasteiger partial charge in [-0.3, -0.25) is 4.84 Å². The molecule has 0 radical (unpaired) electrons. The van der Waals surface area contributed by atoms with Crippen molar-refractivity contribution in [1.29, 1.82) is 0 Å². The fourth-order valence-electron chi connectivity index (χ4n) is 0.205. The van der Waals surface area contributed by atoms with Gasteiger partial charge < -0.3 is 5.73 Å². The Bertz CT molecular complexity index is 92.5. The van der Waals surface area contributed by atoms with Crippen LogP contribution in [0.2, 0.25) is 0 Å². The lowest BCUT2D eigenvalue weighted by molar-refractivity contribution is -0.143. The molecule has 0 bridgehead atoms. The van der Waals surface area contributed by atoms with Crippen molar-refractivity contribution in [3.63, 3.8) is 0 Å². The summed E-state index contributed by atoms with van der Waals surface area (Å²) in [6.07, 6.45) is 0.0335. The molecule has 0 aromatic carbocycles. The standard InChI is InChI=1S/C3H6N2O3/c4-2-1-3(6)8-5-7/h1-2,4H2. The number of nitrogens with zero attached hydrogens (tertiary/aromatic N) is 1. The number of nitrogens with two attached hydrogens (primary N) is 1. The van der Waals surface area contributed by atoms with Crippen LogP contribution in [0, 0.1) is 4.91 Å². The number of carbonyl (C=O) groups excluding carboxylic acids is 1. The van der Waals surface area contributed by atoms with Gasteiger partial charge in [0, 0.05) is 6.54 Å². The predicted molar refractivity (Wildman–Crippen MR) is 25.6 cm³/mol. The van der Waals surface area contributed by atoms with Gasteiger partial charge in [0.2, 0.25) is 0 Å². The summed E-state index contributed by atoms with van der Waals surface area (Å²) in [4.78, 5) is 22.8. The zero-order chi connectivity index (χ0) is 6.41. The van der Waals surface area contributed by atoms with Crippen LogP contribution in [0.4, 0.5) is 0 Å². The van der Waals surface area contributed by atoms with Crippen LogP contribution >= 0.6 is 0 Å². The highest BCUT2D eigenvalue weighted by atomic mass is 16.7. The van der Waals surface area contributed by atoms with E-state index in [1.54, 1.807) is 0 Å². The highest BCUT2D eigenvalue weighted by Crippen LogP contribution is 1.81. The molecule has 0 aliphatic carbocycles. The van der Waals surface area contributed by atoms with Gasteiger partial charge in [0.1, 0.15) is 0 Å². The zero-order valence-corrected chi connectivity index (χ0v) is 4.16. The lowest BCUT2D eigenvalue weighted by Crippen LogP contribution is -2.08. The molecule has 8 heavy (non-hydrogen) atoms. The Labute approximate surface area is 45.7 Å². The molecule has 0 aromatic rings. The van der Waals surface area contributed by atoms with Gasteiger partial charge in [0.05, 0.1) is 6.42 Å². The summed E-state index contributed by atoms with van der Waals surface area (Å²) < 4.78 is 0. The molecule has 0 aromatic heterocycles. The highest BCUT2D eigenvalue weighted by Gasteiger charge is 1.98. The van der Waals surface area contributed by atoms with E-state index in [2.05, 4.69) is 4.84 Å². The molecule has 5 nitrogen and oxygen atoms in total. The molecule has 5 heteroatoms. The fraction of sp³-hybridized carbons (Fsp3) is 0.667. The molecule has 0 amide bonds. The van der Waals surface area contributed by atoms with E-state index in [9.17, 15) is 4.79 Å². The molecular weight excluding hydrogens is 112 g/mol. The Morgan fingerprint density at radius 3 is 2.75 bits per heavy atom. The van der Waals surface area contributed by atoms with Crippen LogP contribution < -0.4 is 5.73 Å². The van der Waals surface area contributed by atoms with Gasteiger partial charge >= 0.3 is 5.97 Å². The van der Waals surface area contributed by atoms with Crippen molar-refractivity contribution in [3.8, 4) is 0 Å². The van der Waals surface area contributed by atoms with Crippen molar-refractivity contribution in [3.05, 3.63) is 4.91 Å². The van der Waals surface area contributed by atoms with Gasteiger partial charge in [0.25, 0.3) is 0 Å². The largest absolute Gasteiger partial charge is 0.339 e. The second-order valence-electron chi connectivity index (χ2n) is 1.08. The zero-order valence-electron chi connectivity index (χ0n) is 4.16.